The third-order valence-corrected chi connectivity index (χ3v) is 4.18. The summed E-state index contributed by atoms with van der Waals surface area (Å²) in [5.41, 5.74) is 0.878. The van der Waals surface area contributed by atoms with Gasteiger partial charge in [0.25, 0.3) is 0 Å². The van der Waals surface area contributed by atoms with Crippen molar-refractivity contribution in [3.63, 3.8) is 0 Å². The predicted molar refractivity (Wildman–Crippen MR) is 95.4 cm³/mol. The number of hydrogen-bond acceptors (Lipinski definition) is 4. The first-order chi connectivity index (χ1) is 12.7. The van der Waals surface area contributed by atoms with Crippen LogP contribution < -0.4 is 5.32 Å². The molecule has 2 atom stereocenters. The van der Waals surface area contributed by atoms with Crippen molar-refractivity contribution < 1.29 is 27.8 Å². The van der Waals surface area contributed by atoms with E-state index in [1.54, 1.807) is 12.1 Å². The van der Waals surface area contributed by atoms with Crippen LogP contribution in [0.4, 0.5) is 13.2 Å². The maximum Gasteiger partial charge on any atom is 0.416 e. The number of nitrogens with one attached hydrogen (secondary N) is 1. The highest BCUT2D eigenvalue weighted by Crippen LogP contribution is 2.30. The maximum atomic E-state index is 12.8. The van der Waals surface area contributed by atoms with Gasteiger partial charge in [0.2, 0.25) is 0 Å². The van der Waals surface area contributed by atoms with Crippen molar-refractivity contribution in [1.82, 2.24) is 5.32 Å². The molecule has 146 valence electrons. The molecule has 0 amide bonds. The maximum absolute atomic E-state index is 12.8. The summed E-state index contributed by atoms with van der Waals surface area (Å²) in [4.78, 5) is 11.4. The van der Waals surface area contributed by atoms with Crippen LogP contribution in [0, 0.1) is 0 Å². The second-order valence-electron chi connectivity index (χ2n) is 6.34. The molecule has 0 aromatic heterocycles. The largest absolute Gasteiger partial charge is 0.465 e. The Morgan fingerprint density at radius 1 is 1.19 bits per heavy atom. The van der Waals surface area contributed by atoms with Gasteiger partial charge in [0.05, 0.1) is 24.3 Å². The molecule has 27 heavy (non-hydrogen) atoms. The van der Waals surface area contributed by atoms with Crippen LogP contribution in [0.15, 0.2) is 48.5 Å². The van der Waals surface area contributed by atoms with Gasteiger partial charge in [-0.2, -0.15) is 13.2 Å². The summed E-state index contributed by atoms with van der Waals surface area (Å²) >= 11 is 0. The van der Waals surface area contributed by atoms with Crippen molar-refractivity contribution in [2.75, 3.05) is 13.7 Å². The summed E-state index contributed by atoms with van der Waals surface area (Å²) in [6.45, 7) is 2.04. The summed E-state index contributed by atoms with van der Waals surface area (Å²) in [6.07, 6.45) is -4.85. The molecule has 0 saturated carbocycles. The number of aliphatic hydroxyl groups is 1. The number of carbonyl (C=O) groups is 1. The number of esters is 1. The third kappa shape index (κ3) is 6.08. The SMILES string of the molecule is COC(=O)c1ccc(CC(C)NC[C@@H](O)c2cccc(C(F)(F)F)c2)cc1. The highest BCUT2D eigenvalue weighted by molar-refractivity contribution is 5.89. The molecule has 0 spiro atoms. The van der Waals surface area contributed by atoms with Gasteiger partial charge in [-0.15, -0.1) is 0 Å². The van der Waals surface area contributed by atoms with E-state index in [1.165, 1.54) is 19.2 Å². The van der Waals surface area contributed by atoms with Gasteiger partial charge in [-0.05, 0) is 48.7 Å². The molecule has 2 N–H and O–H groups in total. The average Bonchev–Trinajstić information content (AvgIpc) is 2.65. The Labute approximate surface area is 156 Å². The van der Waals surface area contributed by atoms with Crippen molar-refractivity contribution in [2.24, 2.45) is 0 Å². The minimum absolute atomic E-state index is 0.0191. The second kappa shape index (κ2) is 9.01. The molecule has 0 fully saturated rings. The normalized spacial score (nSPS) is 13.9. The van der Waals surface area contributed by atoms with Crippen LogP contribution in [0.1, 0.15) is 40.1 Å². The molecule has 0 aliphatic rings. The number of hydrogen-bond donors (Lipinski definition) is 2. The molecule has 0 heterocycles. The van der Waals surface area contributed by atoms with Gasteiger partial charge in [-0.1, -0.05) is 24.3 Å². The Kier molecular flexibility index (Phi) is 6.98. The standard InChI is InChI=1S/C20H22F3NO3/c1-13(10-14-6-8-15(9-7-14)19(26)27-2)24-12-18(25)16-4-3-5-17(11-16)20(21,22)23/h3-9,11,13,18,24-25H,10,12H2,1-2H3/t13?,18-/m1/s1. The highest BCUT2D eigenvalue weighted by atomic mass is 19.4. The quantitative estimate of drug-likeness (QED) is 0.718. The van der Waals surface area contributed by atoms with Crippen LogP contribution in [0.25, 0.3) is 0 Å². The van der Waals surface area contributed by atoms with Gasteiger partial charge in [-0.3, -0.25) is 0 Å². The zero-order valence-electron chi connectivity index (χ0n) is 15.1. The van der Waals surface area contributed by atoms with Crippen LogP contribution >= 0.6 is 0 Å². The van der Waals surface area contributed by atoms with Crippen molar-refractivity contribution in [2.45, 2.75) is 31.7 Å². The molecule has 0 aliphatic heterocycles. The van der Waals surface area contributed by atoms with Gasteiger partial charge < -0.3 is 15.2 Å². The molecule has 0 aliphatic carbocycles. The average molecular weight is 381 g/mol. The van der Waals surface area contributed by atoms with E-state index in [-0.39, 0.29) is 18.2 Å². The molecule has 7 heteroatoms. The van der Waals surface area contributed by atoms with E-state index in [1.807, 2.05) is 19.1 Å². The van der Waals surface area contributed by atoms with E-state index in [4.69, 9.17) is 0 Å². The molecule has 0 bridgehead atoms. The number of carbonyl (C=O) groups excluding carboxylic acids is 1. The Morgan fingerprint density at radius 2 is 1.85 bits per heavy atom. The molecule has 2 aromatic carbocycles. The monoisotopic (exact) mass is 381 g/mol. The number of aliphatic hydroxyl groups excluding tert-OH is 1. The fourth-order valence-electron chi connectivity index (χ4n) is 2.67. The lowest BCUT2D eigenvalue weighted by Crippen LogP contribution is -2.32. The first-order valence-electron chi connectivity index (χ1n) is 8.46. The molecule has 0 saturated heterocycles. The van der Waals surface area contributed by atoms with Gasteiger partial charge in [0.1, 0.15) is 0 Å². The number of rotatable bonds is 7. The fraction of sp³-hybridized carbons (Fsp3) is 0.350. The number of methoxy groups -OCH3 is 1. The summed E-state index contributed by atoms with van der Waals surface area (Å²) in [5.74, 6) is -0.406. The van der Waals surface area contributed by atoms with Crippen molar-refractivity contribution in [1.29, 1.82) is 0 Å². The first-order valence-corrected chi connectivity index (χ1v) is 8.46. The summed E-state index contributed by atoms with van der Waals surface area (Å²) in [5, 5.41) is 13.3. The second-order valence-corrected chi connectivity index (χ2v) is 6.34. The van der Waals surface area contributed by atoms with Gasteiger partial charge in [0.15, 0.2) is 0 Å². The number of halogens is 3. The van der Waals surface area contributed by atoms with Crippen molar-refractivity contribution >= 4 is 5.97 Å². The smallest absolute Gasteiger partial charge is 0.416 e. The summed E-state index contributed by atoms with van der Waals surface area (Å²) < 4.78 is 42.9. The first kappa shape index (κ1) is 20.9. The van der Waals surface area contributed by atoms with Crippen molar-refractivity contribution in [3.05, 3.63) is 70.8 Å². The Balaban J connectivity index is 1.89. The molecule has 2 aromatic rings. The van der Waals surface area contributed by atoms with E-state index in [0.717, 1.165) is 17.7 Å². The van der Waals surface area contributed by atoms with Gasteiger partial charge >= 0.3 is 12.1 Å². The minimum Gasteiger partial charge on any atom is -0.465 e. The fourth-order valence-corrected chi connectivity index (χ4v) is 2.67. The van der Waals surface area contributed by atoms with E-state index < -0.39 is 23.8 Å². The summed E-state index contributed by atoms with van der Waals surface area (Å²) in [7, 11) is 1.32. The lowest BCUT2D eigenvalue weighted by atomic mass is 10.0. The lowest BCUT2D eigenvalue weighted by molar-refractivity contribution is -0.137. The molecule has 1 unspecified atom stereocenters. The predicted octanol–water partition coefficient (Wildman–Crippen LogP) is 3.75. The minimum atomic E-state index is -4.44. The van der Waals surface area contributed by atoms with Gasteiger partial charge in [0, 0.05) is 12.6 Å². The van der Waals surface area contributed by atoms with Crippen LogP contribution in [-0.2, 0) is 17.3 Å². The van der Waals surface area contributed by atoms with E-state index >= 15 is 0 Å². The van der Waals surface area contributed by atoms with E-state index in [2.05, 4.69) is 10.1 Å². The Hall–Kier alpha value is -2.38. The lowest BCUT2D eigenvalue weighted by Gasteiger charge is -2.18. The van der Waals surface area contributed by atoms with E-state index in [0.29, 0.717) is 12.0 Å². The van der Waals surface area contributed by atoms with Gasteiger partial charge in [-0.25, -0.2) is 4.79 Å². The highest BCUT2D eigenvalue weighted by Gasteiger charge is 2.30. The third-order valence-electron chi connectivity index (χ3n) is 4.18. The molecule has 0 radical (unpaired) electrons. The molecule has 2 rings (SSSR count). The zero-order chi connectivity index (χ0) is 20.0. The summed E-state index contributed by atoms with van der Waals surface area (Å²) in [6, 6.07) is 11.6. The Morgan fingerprint density at radius 3 is 2.44 bits per heavy atom. The zero-order valence-corrected chi connectivity index (χ0v) is 15.1. The van der Waals surface area contributed by atoms with E-state index in [9.17, 15) is 23.1 Å². The topological polar surface area (TPSA) is 58.6 Å². The van der Waals surface area contributed by atoms with Crippen LogP contribution in [0.3, 0.4) is 0 Å². The molecular formula is C20H22F3NO3. The molecule has 4 nitrogen and oxygen atoms in total. The van der Waals surface area contributed by atoms with Crippen LogP contribution in [-0.4, -0.2) is 30.8 Å². The van der Waals surface area contributed by atoms with Crippen LogP contribution in [0.2, 0.25) is 0 Å². The molecular weight excluding hydrogens is 359 g/mol. The number of benzene rings is 2. The van der Waals surface area contributed by atoms with Crippen molar-refractivity contribution in [3.8, 4) is 0 Å². The number of alkyl halides is 3. The Bertz CT molecular complexity index is 760. The number of ether oxygens (including phenoxy) is 1. The van der Waals surface area contributed by atoms with Crippen LogP contribution in [0.5, 0.6) is 0 Å².